The predicted molar refractivity (Wildman–Crippen MR) is 89.3 cm³/mol. The van der Waals surface area contributed by atoms with E-state index in [-0.39, 0.29) is 18.1 Å². The van der Waals surface area contributed by atoms with Crippen LogP contribution < -0.4 is 15.5 Å². The monoisotopic (exact) mass is 369 g/mol. The van der Waals surface area contributed by atoms with Gasteiger partial charge in [-0.1, -0.05) is 30.0 Å². The number of thioether (sulfide) groups is 1. The number of nitrogens with zero attached hydrogens (tertiary/aromatic N) is 2. The zero-order valence-corrected chi connectivity index (χ0v) is 14.7. The highest BCUT2D eigenvalue weighted by Gasteiger charge is 2.11. The van der Waals surface area contributed by atoms with Crippen LogP contribution in [-0.4, -0.2) is 22.1 Å². The van der Waals surface area contributed by atoms with Crippen LogP contribution in [0, 0.1) is 0 Å². The molecule has 0 aliphatic heterocycles. The van der Waals surface area contributed by atoms with E-state index >= 15 is 0 Å². The van der Waals surface area contributed by atoms with E-state index in [1.165, 1.54) is 36.1 Å². The summed E-state index contributed by atoms with van der Waals surface area (Å²) < 4.78 is 10.9. The average molecular weight is 369 g/mol. The molecule has 2 heterocycles. The van der Waals surface area contributed by atoms with Crippen molar-refractivity contribution in [3.05, 3.63) is 28.3 Å². The second-order valence-electron chi connectivity index (χ2n) is 4.64. The van der Waals surface area contributed by atoms with Gasteiger partial charge >= 0.3 is 5.97 Å². The van der Waals surface area contributed by atoms with E-state index in [4.69, 9.17) is 9.15 Å². The van der Waals surface area contributed by atoms with Gasteiger partial charge < -0.3 is 14.5 Å². The normalized spacial score (nSPS) is 10.4. The Hall–Kier alpha value is -2.20. The van der Waals surface area contributed by atoms with Crippen LogP contribution in [-0.2, 0) is 15.3 Å². The Kier molecular flexibility index (Phi) is 6.50. The second-order valence-corrected chi connectivity index (χ2v) is 6.84. The molecule has 2 aromatic heterocycles. The molecule has 1 N–H and O–H groups in total. The molecule has 2 aromatic rings. The van der Waals surface area contributed by atoms with Crippen molar-refractivity contribution in [3.63, 3.8) is 0 Å². The van der Waals surface area contributed by atoms with Crippen LogP contribution in [0.25, 0.3) is 0 Å². The summed E-state index contributed by atoms with van der Waals surface area (Å²) in [6.07, 6.45) is 2.01. The molecule has 24 heavy (non-hydrogen) atoms. The first-order chi connectivity index (χ1) is 11.5. The lowest BCUT2D eigenvalue weighted by atomic mass is 10.3. The molecule has 0 atom stereocenters. The van der Waals surface area contributed by atoms with Crippen molar-refractivity contribution in [2.24, 2.45) is 0 Å². The number of ether oxygens (including phenoxy) is 1. The van der Waals surface area contributed by atoms with Gasteiger partial charge in [0, 0.05) is 19.4 Å². The maximum atomic E-state index is 11.9. The Balaban J connectivity index is 1.95. The fourth-order valence-electron chi connectivity index (χ4n) is 1.57. The number of carbonyl (C=O) groups is 2. The summed E-state index contributed by atoms with van der Waals surface area (Å²) in [6, 6.07) is 1.28. The number of amides is 1. The van der Waals surface area contributed by atoms with E-state index in [9.17, 15) is 14.4 Å². The predicted octanol–water partition coefficient (Wildman–Crippen LogP) is 2.45. The van der Waals surface area contributed by atoms with Crippen LogP contribution in [0.1, 0.15) is 32.4 Å². The van der Waals surface area contributed by atoms with E-state index in [2.05, 4.69) is 15.5 Å². The molecule has 0 fully saturated rings. The standard InChI is InChI=1S/C14H15N3O5S2/c1-3-4-12(20)22-11-6-21-9(5-10(11)19)7-23-14-17-16-13(24-14)15-8(2)18/h5-6H,3-4,7H2,1-2H3,(H,15,16,18). The SMILES string of the molecule is CCCC(=O)Oc1coc(CSc2nnc(NC(C)=O)s2)cc1=O. The van der Waals surface area contributed by atoms with Gasteiger partial charge in [0.05, 0.1) is 5.75 Å². The van der Waals surface area contributed by atoms with Crippen molar-refractivity contribution in [2.45, 2.75) is 36.8 Å². The van der Waals surface area contributed by atoms with Crippen LogP contribution in [0.2, 0.25) is 0 Å². The number of rotatable bonds is 7. The van der Waals surface area contributed by atoms with Crippen LogP contribution in [0.3, 0.4) is 0 Å². The van der Waals surface area contributed by atoms with Gasteiger partial charge in [-0.3, -0.25) is 14.4 Å². The highest BCUT2D eigenvalue weighted by Crippen LogP contribution is 2.28. The third kappa shape index (κ3) is 5.46. The van der Waals surface area contributed by atoms with Crippen molar-refractivity contribution >= 4 is 40.1 Å². The average Bonchev–Trinajstić information content (AvgIpc) is 2.94. The van der Waals surface area contributed by atoms with E-state index < -0.39 is 11.4 Å². The minimum absolute atomic E-state index is 0.119. The Morgan fingerprint density at radius 2 is 2.21 bits per heavy atom. The van der Waals surface area contributed by atoms with Crippen LogP contribution in [0.5, 0.6) is 5.75 Å². The molecular formula is C14H15N3O5S2. The van der Waals surface area contributed by atoms with Crippen molar-refractivity contribution in [1.82, 2.24) is 10.2 Å². The maximum Gasteiger partial charge on any atom is 0.311 e. The minimum atomic E-state index is -0.466. The van der Waals surface area contributed by atoms with Gasteiger partial charge in [0.25, 0.3) is 0 Å². The Morgan fingerprint density at radius 1 is 1.42 bits per heavy atom. The number of carbonyl (C=O) groups excluding carboxylic acids is 2. The fraction of sp³-hybridized carbons (Fsp3) is 0.357. The molecule has 2 rings (SSSR count). The van der Waals surface area contributed by atoms with E-state index in [1.54, 1.807) is 0 Å². The zero-order chi connectivity index (χ0) is 17.5. The molecular weight excluding hydrogens is 354 g/mol. The molecule has 0 saturated carbocycles. The number of nitrogens with one attached hydrogen (secondary N) is 1. The number of anilines is 1. The molecule has 0 spiro atoms. The van der Waals surface area contributed by atoms with E-state index in [0.717, 1.165) is 6.26 Å². The Morgan fingerprint density at radius 3 is 2.88 bits per heavy atom. The Labute approximate surface area is 145 Å². The van der Waals surface area contributed by atoms with Gasteiger partial charge in [0.2, 0.25) is 22.2 Å². The Bertz CT molecular complexity index is 787. The van der Waals surface area contributed by atoms with E-state index in [1.807, 2.05) is 6.92 Å². The van der Waals surface area contributed by atoms with Gasteiger partial charge in [-0.05, 0) is 6.42 Å². The molecule has 0 saturated heterocycles. The van der Waals surface area contributed by atoms with Gasteiger partial charge in [0.1, 0.15) is 12.0 Å². The summed E-state index contributed by atoms with van der Waals surface area (Å²) in [4.78, 5) is 34.2. The molecule has 10 heteroatoms. The summed E-state index contributed by atoms with van der Waals surface area (Å²) in [5, 5.41) is 10.7. The summed E-state index contributed by atoms with van der Waals surface area (Å²) in [7, 11) is 0. The lowest BCUT2D eigenvalue weighted by Gasteiger charge is -2.03. The quantitative estimate of drug-likeness (QED) is 0.450. The second kappa shape index (κ2) is 8.60. The molecule has 0 bridgehead atoms. The molecule has 0 unspecified atom stereocenters. The molecule has 128 valence electrons. The molecule has 8 nitrogen and oxygen atoms in total. The molecule has 1 amide bonds. The van der Waals surface area contributed by atoms with Gasteiger partial charge in [-0.15, -0.1) is 10.2 Å². The van der Waals surface area contributed by atoms with Crippen LogP contribution in [0.4, 0.5) is 5.13 Å². The number of esters is 1. The summed E-state index contributed by atoms with van der Waals surface area (Å²) in [5.74, 6) is -0.0385. The first kappa shape index (κ1) is 18.1. The van der Waals surface area contributed by atoms with Gasteiger partial charge in [0.15, 0.2) is 4.34 Å². The molecule has 0 aromatic carbocycles. The number of aromatic nitrogens is 2. The van der Waals surface area contributed by atoms with Crippen molar-refractivity contribution < 1.29 is 18.7 Å². The van der Waals surface area contributed by atoms with E-state index in [0.29, 0.717) is 27.4 Å². The minimum Gasteiger partial charge on any atom is -0.464 e. The van der Waals surface area contributed by atoms with Crippen molar-refractivity contribution in [1.29, 1.82) is 0 Å². The smallest absolute Gasteiger partial charge is 0.311 e. The molecule has 0 aliphatic carbocycles. The summed E-state index contributed by atoms with van der Waals surface area (Å²) in [6.45, 7) is 3.23. The van der Waals surface area contributed by atoms with Gasteiger partial charge in [-0.2, -0.15) is 0 Å². The first-order valence-corrected chi connectivity index (χ1v) is 8.84. The summed E-state index contributed by atoms with van der Waals surface area (Å²) >= 11 is 2.53. The van der Waals surface area contributed by atoms with Crippen molar-refractivity contribution in [3.8, 4) is 5.75 Å². The fourth-order valence-corrected chi connectivity index (χ4v) is 3.26. The topological polar surface area (TPSA) is 111 Å². The maximum absolute atomic E-state index is 11.9. The van der Waals surface area contributed by atoms with Crippen LogP contribution in [0.15, 0.2) is 25.9 Å². The third-order valence-corrected chi connectivity index (χ3v) is 4.55. The zero-order valence-electron chi connectivity index (χ0n) is 13.0. The highest BCUT2D eigenvalue weighted by molar-refractivity contribution is 8.00. The lowest BCUT2D eigenvalue weighted by molar-refractivity contribution is -0.134. The lowest BCUT2D eigenvalue weighted by Crippen LogP contribution is -2.13. The molecule has 0 radical (unpaired) electrons. The number of hydrogen-bond donors (Lipinski definition) is 1. The third-order valence-electron chi connectivity index (χ3n) is 2.56. The van der Waals surface area contributed by atoms with Gasteiger partial charge in [-0.25, -0.2) is 0 Å². The van der Waals surface area contributed by atoms with Crippen molar-refractivity contribution in [2.75, 3.05) is 5.32 Å². The largest absolute Gasteiger partial charge is 0.464 e. The molecule has 0 aliphatic rings. The first-order valence-electron chi connectivity index (χ1n) is 7.04. The summed E-state index contributed by atoms with van der Waals surface area (Å²) in [5.41, 5.74) is -0.419. The highest BCUT2D eigenvalue weighted by atomic mass is 32.2. The van der Waals surface area contributed by atoms with Crippen LogP contribution >= 0.6 is 23.1 Å². The number of hydrogen-bond acceptors (Lipinski definition) is 9.